The molecule has 2 aromatic carbocycles. The zero-order chi connectivity index (χ0) is 18.0. The molecule has 0 unspecified atom stereocenters. The van der Waals surface area contributed by atoms with Crippen molar-refractivity contribution in [1.29, 1.82) is 0 Å². The van der Waals surface area contributed by atoms with Gasteiger partial charge in [-0.15, -0.1) is 0 Å². The first kappa shape index (κ1) is 17.0. The SMILES string of the molecule is Cc1ccc(C)c(OCC(=O)Nc2ccc3nc(C(C)C)oc3c2)c1. The van der Waals surface area contributed by atoms with Crippen LogP contribution in [-0.4, -0.2) is 17.5 Å². The largest absolute Gasteiger partial charge is 0.483 e. The second kappa shape index (κ2) is 6.97. The Kier molecular flexibility index (Phi) is 4.74. The third kappa shape index (κ3) is 3.99. The topological polar surface area (TPSA) is 64.4 Å². The number of anilines is 1. The van der Waals surface area contributed by atoms with Crippen molar-refractivity contribution in [2.24, 2.45) is 0 Å². The minimum Gasteiger partial charge on any atom is -0.483 e. The van der Waals surface area contributed by atoms with Gasteiger partial charge in [-0.05, 0) is 43.2 Å². The fraction of sp³-hybridized carbons (Fsp3) is 0.300. The summed E-state index contributed by atoms with van der Waals surface area (Å²) in [4.78, 5) is 16.6. The fourth-order valence-electron chi connectivity index (χ4n) is 2.47. The first-order valence-corrected chi connectivity index (χ1v) is 8.33. The number of aromatic nitrogens is 1. The number of fused-ring (bicyclic) bond motifs is 1. The van der Waals surface area contributed by atoms with Crippen LogP contribution in [0.15, 0.2) is 40.8 Å². The third-order valence-corrected chi connectivity index (χ3v) is 3.89. The number of carbonyl (C=O) groups is 1. The van der Waals surface area contributed by atoms with E-state index in [4.69, 9.17) is 9.15 Å². The first-order valence-electron chi connectivity index (χ1n) is 8.33. The van der Waals surface area contributed by atoms with Crippen LogP contribution in [0.3, 0.4) is 0 Å². The summed E-state index contributed by atoms with van der Waals surface area (Å²) in [5, 5.41) is 2.83. The van der Waals surface area contributed by atoms with Crippen LogP contribution >= 0.6 is 0 Å². The van der Waals surface area contributed by atoms with Crippen LogP contribution in [0.2, 0.25) is 0 Å². The molecule has 0 bridgehead atoms. The van der Waals surface area contributed by atoms with Crippen LogP contribution in [0.5, 0.6) is 5.75 Å². The lowest BCUT2D eigenvalue weighted by atomic mass is 10.1. The van der Waals surface area contributed by atoms with E-state index in [0.29, 0.717) is 17.2 Å². The predicted octanol–water partition coefficient (Wildman–Crippen LogP) is 4.59. The van der Waals surface area contributed by atoms with Gasteiger partial charge in [-0.1, -0.05) is 26.0 Å². The van der Waals surface area contributed by atoms with E-state index in [1.807, 2.05) is 58.0 Å². The molecule has 0 spiro atoms. The van der Waals surface area contributed by atoms with E-state index in [2.05, 4.69) is 10.3 Å². The van der Waals surface area contributed by atoms with Crippen LogP contribution in [0.25, 0.3) is 11.1 Å². The van der Waals surface area contributed by atoms with Crippen LogP contribution in [0.4, 0.5) is 5.69 Å². The summed E-state index contributed by atoms with van der Waals surface area (Å²) >= 11 is 0. The van der Waals surface area contributed by atoms with Gasteiger partial charge in [0.25, 0.3) is 5.91 Å². The minimum absolute atomic E-state index is 0.0457. The molecular weight excluding hydrogens is 316 g/mol. The van der Waals surface area contributed by atoms with Crippen LogP contribution < -0.4 is 10.1 Å². The van der Waals surface area contributed by atoms with Gasteiger partial charge in [0, 0.05) is 17.7 Å². The molecule has 3 rings (SSSR count). The van der Waals surface area contributed by atoms with Gasteiger partial charge in [-0.25, -0.2) is 4.98 Å². The molecule has 1 heterocycles. The van der Waals surface area contributed by atoms with Gasteiger partial charge in [-0.3, -0.25) is 4.79 Å². The van der Waals surface area contributed by atoms with E-state index >= 15 is 0 Å². The molecule has 0 atom stereocenters. The minimum atomic E-state index is -0.219. The number of amides is 1. The standard InChI is InChI=1S/C20H22N2O3/c1-12(2)20-22-16-8-7-15(10-18(16)25-20)21-19(23)11-24-17-9-13(3)5-6-14(17)4/h5-10,12H,11H2,1-4H3,(H,21,23). The Hall–Kier alpha value is -2.82. The number of hydrogen-bond donors (Lipinski definition) is 1. The summed E-state index contributed by atoms with van der Waals surface area (Å²) in [7, 11) is 0. The molecule has 1 aromatic heterocycles. The van der Waals surface area contributed by atoms with Gasteiger partial charge in [0.1, 0.15) is 11.3 Å². The second-order valence-corrected chi connectivity index (χ2v) is 6.50. The zero-order valence-corrected chi connectivity index (χ0v) is 14.9. The van der Waals surface area contributed by atoms with Crippen molar-refractivity contribution < 1.29 is 13.9 Å². The number of ether oxygens (including phenoxy) is 1. The number of rotatable bonds is 5. The lowest BCUT2D eigenvalue weighted by molar-refractivity contribution is -0.118. The Labute approximate surface area is 147 Å². The van der Waals surface area contributed by atoms with Gasteiger partial charge in [0.15, 0.2) is 18.1 Å². The van der Waals surface area contributed by atoms with Gasteiger partial charge in [0.2, 0.25) is 0 Å². The van der Waals surface area contributed by atoms with Crippen LogP contribution in [0.1, 0.15) is 36.8 Å². The summed E-state index contributed by atoms with van der Waals surface area (Å²) in [6, 6.07) is 11.4. The molecule has 5 nitrogen and oxygen atoms in total. The Balaban J connectivity index is 1.66. The summed E-state index contributed by atoms with van der Waals surface area (Å²) in [6.45, 7) is 7.95. The summed E-state index contributed by atoms with van der Waals surface area (Å²) < 4.78 is 11.3. The molecular formula is C20H22N2O3. The smallest absolute Gasteiger partial charge is 0.262 e. The number of hydrogen-bond acceptors (Lipinski definition) is 4. The fourth-order valence-corrected chi connectivity index (χ4v) is 2.47. The molecule has 0 saturated heterocycles. The van der Waals surface area contributed by atoms with E-state index < -0.39 is 0 Å². The van der Waals surface area contributed by atoms with Gasteiger partial charge < -0.3 is 14.5 Å². The molecule has 1 amide bonds. The van der Waals surface area contributed by atoms with E-state index in [9.17, 15) is 4.79 Å². The average Bonchev–Trinajstić information content (AvgIpc) is 2.99. The predicted molar refractivity (Wildman–Crippen MR) is 98.1 cm³/mol. The lowest BCUT2D eigenvalue weighted by Gasteiger charge is -2.10. The number of benzene rings is 2. The number of nitrogens with zero attached hydrogens (tertiary/aromatic N) is 1. The average molecular weight is 338 g/mol. The summed E-state index contributed by atoms with van der Waals surface area (Å²) in [5.41, 5.74) is 4.21. The Morgan fingerprint density at radius 1 is 1.20 bits per heavy atom. The molecule has 0 aliphatic carbocycles. The van der Waals surface area contributed by atoms with Crippen molar-refractivity contribution in [2.75, 3.05) is 11.9 Å². The zero-order valence-electron chi connectivity index (χ0n) is 14.9. The van der Waals surface area contributed by atoms with Gasteiger partial charge in [-0.2, -0.15) is 0 Å². The van der Waals surface area contributed by atoms with Crippen molar-refractivity contribution in [3.63, 3.8) is 0 Å². The van der Waals surface area contributed by atoms with Gasteiger partial charge >= 0.3 is 0 Å². The highest BCUT2D eigenvalue weighted by Gasteiger charge is 2.11. The molecule has 130 valence electrons. The van der Waals surface area contributed by atoms with E-state index in [1.165, 1.54) is 0 Å². The molecule has 3 aromatic rings. The Morgan fingerprint density at radius 2 is 2.00 bits per heavy atom. The summed E-state index contributed by atoms with van der Waals surface area (Å²) in [6.07, 6.45) is 0. The highest BCUT2D eigenvalue weighted by Crippen LogP contribution is 2.24. The van der Waals surface area contributed by atoms with Crippen molar-refractivity contribution in [1.82, 2.24) is 4.98 Å². The number of oxazole rings is 1. The quantitative estimate of drug-likeness (QED) is 0.739. The molecule has 0 fully saturated rings. The second-order valence-electron chi connectivity index (χ2n) is 6.50. The highest BCUT2D eigenvalue weighted by atomic mass is 16.5. The Bertz CT molecular complexity index is 912. The van der Waals surface area contributed by atoms with Crippen molar-refractivity contribution >= 4 is 22.7 Å². The lowest BCUT2D eigenvalue weighted by Crippen LogP contribution is -2.20. The van der Waals surface area contributed by atoms with E-state index in [1.54, 1.807) is 6.07 Å². The molecule has 5 heteroatoms. The molecule has 0 aliphatic rings. The van der Waals surface area contributed by atoms with Crippen LogP contribution in [-0.2, 0) is 4.79 Å². The molecule has 1 N–H and O–H groups in total. The normalized spacial score (nSPS) is 11.1. The maximum absolute atomic E-state index is 12.1. The molecule has 0 saturated carbocycles. The number of nitrogens with one attached hydrogen (secondary N) is 1. The van der Waals surface area contributed by atoms with E-state index in [0.717, 1.165) is 22.4 Å². The Morgan fingerprint density at radius 3 is 2.76 bits per heavy atom. The summed E-state index contributed by atoms with van der Waals surface area (Å²) in [5.74, 6) is 1.42. The first-order chi connectivity index (χ1) is 11.9. The maximum atomic E-state index is 12.1. The molecule has 0 radical (unpaired) electrons. The maximum Gasteiger partial charge on any atom is 0.262 e. The monoisotopic (exact) mass is 338 g/mol. The third-order valence-electron chi connectivity index (χ3n) is 3.89. The van der Waals surface area contributed by atoms with Crippen molar-refractivity contribution in [2.45, 2.75) is 33.6 Å². The van der Waals surface area contributed by atoms with Gasteiger partial charge in [0.05, 0.1) is 0 Å². The van der Waals surface area contributed by atoms with Crippen LogP contribution in [0, 0.1) is 13.8 Å². The van der Waals surface area contributed by atoms with Crippen molar-refractivity contribution in [3.05, 3.63) is 53.4 Å². The van der Waals surface area contributed by atoms with Crippen molar-refractivity contribution in [3.8, 4) is 5.75 Å². The number of aryl methyl sites for hydroxylation is 2. The van der Waals surface area contributed by atoms with E-state index in [-0.39, 0.29) is 18.4 Å². The highest BCUT2D eigenvalue weighted by molar-refractivity contribution is 5.93. The molecule has 0 aliphatic heterocycles. The molecule has 25 heavy (non-hydrogen) atoms. The number of carbonyl (C=O) groups excluding carboxylic acids is 1.